The lowest BCUT2D eigenvalue weighted by molar-refractivity contribution is -0.137. The molecule has 0 saturated heterocycles. The predicted octanol–water partition coefficient (Wildman–Crippen LogP) is 5.52. The standard InChI is InChI=1S/C18H15BrF3NO2/c1-2-25-16-8-7-14(19)10-12(16)6-9-17(24)23-15-5-3-4-13(11-15)18(20,21)22/h3-11H,2H2,1H3,(H,23,24). The summed E-state index contributed by atoms with van der Waals surface area (Å²) in [6.07, 6.45) is -1.68. The zero-order valence-electron chi connectivity index (χ0n) is 13.2. The summed E-state index contributed by atoms with van der Waals surface area (Å²) in [4.78, 5) is 12.0. The van der Waals surface area contributed by atoms with E-state index >= 15 is 0 Å². The quantitative estimate of drug-likeness (QED) is 0.655. The Balaban J connectivity index is 2.13. The zero-order valence-corrected chi connectivity index (χ0v) is 14.8. The van der Waals surface area contributed by atoms with Crippen molar-refractivity contribution in [3.8, 4) is 5.75 Å². The molecule has 25 heavy (non-hydrogen) atoms. The molecule has 0 atom stereocenters. The lowest BCUT2D eigenvalue weighted by atomic mass is 10.1. The van der Waals surface area contributed by atoms with Gasteiger partial charge in [-0.15, -0.1) is 0 Å². The maximum atomic E-state index is 12.7. The van der Waals surface area contributed by atoms with Crippen LogP contribution in [-0.2, 0) is 11.0 Å². The van der Waals surface area contributed by atoms with Crippen molar-refractivity contribution < 1.29 is 22.7 Å². The third kappa shape index (κ3) is 5.63. The predicted molar refractivity (Wildman–Crippen MR) is 94.4 cm³/mol. The van der Waals surface area contributed by atoms with Crippen LogP contribution in [0, 0.1) is 0 Å². The maximum Gasteiger partial charge on any atom is 0.416 e. The van der Waals surface area contributed by atoms with E-state index in [1.807, 2.05) is 13.0 Å². The first-order valence-corrected chi connectivity index (χ1v) is 8.17. The number of rotatable bonds is 5. The largest absolute Gasteiger partial charge is 0.493 e. The number of hydrogen-bond acceptors (Lipinski definition) is 2. The number of hydrogen-bond donors (Lipinski definition) is 1. The van der Waals surface area contributed by atoms with E-state index in [-0.39, 0.29) is 5.69 Å². The molecule has 0 unspecified atom stereocenters. The van der Waals surface area contributed by atoms with Gasteiger partial charge in [-0.1, -0.05) is 22.0 Å². The molecular formula is C18H15BrF3NO2. The van der Waals surface area contributed by atoms with Gasteiger partial charge in [-0.2, -0.15) is 13.2 Å². The van der Waals surface area contributed by atoms with Crippen LogP contribution in [0.2, 0.25) is 0 Å². The highest BCUT2D eigenvalue weighted by Gasteiger charge is 2.30. The minimum absolute atomic E-state index is 0.0729. The molecule has 0 aliphatic heterocycles. The van der Waals surface area contributed by atoms with Crippen LogP contribution in [0.3, 0.4) is 0 Å². The molecule has 2 aromatic carbocycles. The van der Waals surface area contributed by atoms with E-state index < -0.39 is 17.6 Å². The van der Waals surface area contributed by atoms with Gasteiger partial charge < -0.3 is 10.1 Å². The topological polar surface area (TPSA) is 38.3 Å². The summed E-state index contributed by atoms with van der Waals surface area (Å²) in [5.74, 6) is 0.0653. The van der Waals surface area contributed by atoms with Gasteiger partial charge in [0.2, 0.25) is 5.91 Å². The molecule has 0 aliphatic carbocycles. The van der Waals surface area contributed by atoms with Gasteiger partial charge in [-0.25, -0.2) is 0 Å². The van der Waals surface area contributed by atoms with Gasteiger partial charge >= 0.3 is 6.18 Å². The molecule has 0 aromatic heterocycles. The number of benzene rings is 2. The van der Waals surface area contributed by atoms with Gasteiger partial charge in [0, 0.05) is 21.8 Å². The Labute approximate surface area is 151 Å². The smallest absolute Gasteiger partial charge is 0.416 e. The highest BCUT2D eigenvalue weighted by molar-refractivity contribution is 9.10. The Morgan fingerprint density at radius 1 is 1.24 bits per heavy atom. The number of carbonyl (C=O) groups is 1. The average Bonchev–Trinajstić information content (AvgIpc) is 2.55. The first-order valence-electron chi connectivity index (χ1n) is 7.38. The van der Waals surface area contributed by atoms with E-state index in [0.717, 1.165) is 16.6 Å². The molecule has 2 rings (SSSR count). The van der Waals surface area contributed by atoms with Crippen LogP contribution < -0.4 is 10.1 Å². The van der Waals surface area contributed by atoms with E-state index in [0.29, 0.717) is 17.9 Å². The fourth-order valence-corrected chi connectivity index (χ4v) is 2.44. The van der Waals surface area contributed by atoms with Crippen molar-refractivity contribution in [2.75, 3.05) is 11.9 Å². The molecule has 0 aliphatic rings. The van der Waals surface area contributed by atoms with Crippen LogP contribution in [-0.4, -0.2) is 12.5 Å². The van der Waals surface area contributed by atoms with Crippen molar-refractivity contribution in [1.82, 2.24) is 0 Å². The fraction of sp³-hybridized carbons (Fsp3) is 0.167. The van der Waals surface area contributed by atoms with E-state index in [1.165, 1.54) is 18.2 Å². The first kappa shape index (κ1) is 19.1. The monoisotopic (exact) mass is 413 g/mol. The minimum Gasteiger partial charge on any atom is -0.493 e. The zero-order chi connectivity index (χ0) is 18.4. The lowest BCUT2D eigenvalue weighted by Gasteiger charge is -2.09. The second kappa shape index (κ2) is 8.20. The number of alkyl halides is 3. The molecule has 0 fully saturated rings. The van der Waals surface area contributed by atoms with Crippen LogP contribution in [0.4, 0.5) is 18.9 Å². The maximum absolute atomic E-state index is 12.7. The van der Waals surface area contributed by atoms with E-state index in [4.69, 9.17) is 4.74 Å². The Morgan fingerprint density at radius 3 is 2.68 bits per heavy atom. The molecule has 0 heterocycles. The number of halogens is 4. The van der Waals surface area contributed by atoms with Crippen LogP contribution in [0.25, 0.3) is 6.08 Å². The molecule has 1 amide bonds. The Kier molecular flexibility index (Phi) is 6.25. The van der Waals surface area contributed by atoms with E-state index in [9.17, 15) is 18.0 Å². The van der Waals surface area contributed by atoms with E-state index in [1.54, 1.807) is 18.2 Å². The van der Waals surface area contributed by atoms with Gasteiger partial charge in [0.15, 0.2) is 0 Å². The van der Waals surface area contributed by atoms with Crippen molar-refractivity contribution >= 4 is 33.6 Å². The molecule has 2 aromatic rings. The summed E-state index contributed by atoms with van der Waals surface area (Å²) in [5, 5.41) is 2.41. The molecule has 1 N–H and O–H groups in total. The molecule has 132 valence electrons. The SMILES string of the molecule is CCOc1ccc(Br)cc1C=CC(=O)Nc1cccc(C(F)(F)F)c1. The normalized spacial score (nSPS) is 11.6. The number of amides is 1. The van der Waals surface area contributed by atoms with Gasteiger partial charge in [0.25, 0.3) is 0 Å². The Hall–Kier alpha value is -2.28. The summed E-state index contributed by atoms with van der Waals surface area (Å²) in [6.45, 7) is 2.31. The second-order valence-corrected chi connectivity index (χ2v) is 5.93. The third-order valence-corrected chi connectivity index (χ3v) is 3.64. The lowest BCUT2D eigenvalue weighted by Crippen LogP contribution is -2.10. The average molecular weight is 414 g/mol. The van der Waals surface area contributed by atoms with Crippen LogP contribution in [0.5, 0.6) is 5.75 Å². The molecule has 0 radical (unpaired) electrons. The van der Waals surface area contributed by atoms with Gasteiger partial charge in [-0.3, -0.25) is 4.79 Å². The first-order chi connectivity index (χ1) is 11.8. The summed E-state index contributed by atoms with van der Waals surface area (Å²) >= 11 is 3.34. The number of ether oxygens (including phenoxy) is 1. The van der Waals surface area contributed by atoms with Gasteiger partial charge in [0.1, 0.15) is 5.75 Å². The fourth-order valence-electron chi connectivity index (χ4n) is 2.06. The number of anilines is 1. The van der Waals surface area contributed by atoms with Crippen molar-refractivity contribution in [3.05, 3.63) is 64.1 Å². The van der Waals surface area contributed by atoms with Crippen molar-refractivity contribution in [2.24, 2.45) is 0 Å². The van der Waals surface area contributed by atoms with Crippen LogP contribution in [0.1, 0.15) is 18.1 Å². The molecule has 7 heteroatoms. The molecule has 0 bridgehead atoms. The van der Waals surface area contributed by atoms with Crippen LogP contribution >= 0.6 is 15.9 Å². The van der Waals surface area contributed by atoms with Gasteiger partial charge in [-0.05, 0) is 49.4 Å². The highest BCUT2D eigenvalue weighted by Crippen LogP contribution is 2.30. The molecule has 3 nitrogen and oxygen atoms in total. The minimum atomic E-state index is -4.46. The highest BCUT2D eigenvalue weighted by atomic mass is 79.9. The van der Waals surface area contributed by atoms with E-state index in [2.05, 4.69) is 21.2 Å². The number of carbonyl (C=O) groups excluding carboxylic acids is 1. The summed E-state index contributed by atoms with van der Waals surface area (Å²) in [6, 6.07) is 9.81. The molecule has 0 spiro atoms. The number of nitrogens with one attached hydrogen (secondary N) is 1. The van der Waals surface area contributed by atoms with Crippen molar-refractivity contribution in [2.45, 2.75) is 13.1 Å². The van der Waals surface area contributed by atoms with Crippen molar-refractivity contribution in [3.63, 3.8) is 0 Å². The Morgan fingerprint density at radius 2 is 2.00 bits per heavy atom. The second-order valence-electron chi connectivity index (χ2n) is 5.02. The Bertz CT molecular complexity index is 788. The summed E-state index contributed by atoms with van der Waals surface area (Å²) in [5.41, 5.74) is -0.0703. The molecular weight excluding hydrogens is 399 g/mol. The molecule has 0 saturated carbocycles. The van der Waals surface area contributed by atoms with Crippen molar-refractivity contribution in [1.29, 1.82) is 0 Å². The van der Waals surface area contributed by atoms with Crippen LogP contribution in [0.15, 0.2) is 53.0 Å². The van der Waals surface area contributed by atoms with Gasteiger partial charge in [0.05, 0.1) is 12.2 Å². The third-order valence-electron chi connectivity index (χ3n) is 3.14. The summed E-state index contributed by atoms with van der Waals surface area (Å²) < 4.78 is 44.3. The summed E-state index contributed by atoms with van der Waals surface area (Å²) in [7, 11) is 0.